The van der Waals surface area contributed by atoms with Gasteiger partial charge >= 0.3 is 0 Å². The van der Waals surface area contributed by atoms with Crippen LogP contribution in [0.5, 0.6) is 0 Å². The minimum atomic E-state index is -0.169. The van der Waals surface area contributed by atoms with Crippen LogP contribution in [0.1, 0.15) is 18.5 Å². The van der Waals surface area contributed by atoms with E-state index in [1.165, 1.54) is 4.57 Å². The maximum absolute atomic E-state index is 11.9. The number of nitrogens with one attached hydrogen (secondary N) is 1. The second-order valence-corrected chi connectivity index (χ2v) is 4.19. The molecular weight excluding hydrogens is 228 g/mol. The number of nitrogens with two attached hydrogens (primary N) is 1. The van der Waals surface area contributed by atoms with Crippen LogP contribution in [-0.4, -0.2) is 9.55 Å². The molecule has 0 amide bonds. The number of benzene rings is 1. The maximum Gasteiger partial charge on any atom is 0.293 e. The van der Waals surface area contributed by atoms with Crippen molar-refractivity contribution in [1.82, 2.24) is 9.55 Å². The number of para-hydroxylation sites is 1. The molecule has 18 heavy (non-hydrogen) atoms. The Morgan fingerprint density at radius 3 is 2.83 bits per heavy atom. The zero-order valence-corrected chi connectivity index (χ0v) is 10.4. The van der Waals surface area contributed by atoms with E-state index in [9.17, 15) is 4.79 Å². The highest BCUT2D eigenvalue weighted by Crippen LogP contribution is 2.22. The Morgan fingerprint density at radius 1 is 1.39 bits per heavy atom. The van der Waals surface area contributed by atoms with Crippen LogP contribution in [-0.2, 0) is 7.05 Å². The van der Waals surface area contributed by atoms with Gasteiger partial charge in [0.1, 0.15) is 0 Å². The predicted octanol–water partition coefficient (Wildman–Crippen LogP) is 1.54. The van der Waals surface area contributed by atoms with Crippen molar-refractivity contribution in [3.05, 3.63) is 52.6 Å². The Labute approximate surface area is 105 Å². The standard InChI is InChI=1S/C13H16N4O/c1-9(14)10-5-3-4-6-11(10)16-12-13(18)17(2)8-7-15-12/h3-9H,14H2,1-2H3,(H,15,16). The second kappa shape index (κ2) is 5.01. The lowest BCUT2D eigenvalue weighted by Crippen LogP contribution is -2.21. The molecular formula is C13H16N4O. The SMILES string of the molecule is CC(N)c1ccccc1Nc1nccn(C)c1=O. The molecule has 0 saturated heterocycles. The second-order valence-electron chi connectivity index (χ2n) is 4.19. The summed E-state index contributed by atoms with van der Waals surface area (Å²) in [4.78, 5) is 15.9. The summed E-state index contributed by atoms with van der Waals surface area (Å²) < 4.78 is 1.48. The van der Waals surface area contributed by atoms with Crippen LogP contribution in [0.4, 0.5) is 11.5 Å². The third kappa shape index (κ3) is 2.41. The molecule has 2 aromatic rings. The first kappa shape index (κ1) is 12.3. The van der Waals surface area contributed by atoms with Crippen molar-refractivity contribution >= 4 is 11.5 Å². The van der Waals surface area contributed by atoms with E-state index >= 15 is 0 Å². The number of nitrogens with zero attached hydrogens (tertiary/aromatic N) is 2. The van der Waals surface area contributed by atoms with E-state index < -0.39 is 0 Å². The normalized spacial score (nSPS) is 12.2. The number of hydrogen-bond acceptors (Lipinski definition) is 4. The summed E-state index contributed by atoms with van der Waals surface area (Å²) in [5.74, 6) is 0.299. The molecule has 0 aliphatic carbocycles. The van der Waals surface area contributed by atoms with Gasteiger partial charge in [0, 0.05) is 31.2 Å². The van der Waals surface area contributed by atoms with Crippen molar-refractivity contribution in [3.8, 4) is 0 Å². The van der Waals surface area contributed by atoms with E-state index in [4.69, 9.17) is 5.73 Å². The fourth-order valence-corrected chi connectivity index (χ4v) is 1.72. The average molecular weight is 244 g/mol. The lowest BCUT2D eigenvalue weighted by Gasteiger charge is -2.13. The van der Waals surface area contributed by atoms with E-state index in [1.807, 2.05) is 31.2 Å². The van der Waals surface area contributed by atoms with E-state index in [2.05, 4.69) is 10.3 Å². The highest BCUT2D eigenvalue weighted by atomic mass is 16.1. The molecule has 5 nitrogen and oxygen atoms in total. The van der Waals surface area contributed by atoms with Gasteiger partial charge in [-0.15, -0.1) is 0 Å². The van der Waals surface area contributed by atoms with Crippen LogP contribution in [0, 0.1) is 0 Å². The zero-order chi connectivity index (χ0) is 13.1. The summed E-state index contributed by atoms with van der Waals surface area (Å²) in [7, 11) is 1.69. The molecule has 3 N–H and O–H groups in total. The number of aryl methyl sites for hydroxylation is 1. The molecule has 94 valence electrons. The largest absolute Gasteiger partial charge is 0.335 e. The van der Waals surface area contributed by atoms with Crippen molar-refractivity contribution in [1.29, 1.82) is 0 Å². The first-order chi connectivity index (χ1) is 8.59. The van der Waals surface area contributed by atoms with Gasteiger partial charge in [-0.3, -0.25) is 4.79 Å². The molecule has 5 heteroatoms. The van der Waals surface area contributed by atoms with E-state index in [1.54, 1.807) is 19.4 Å². The topological polar surface area (TPSA) is 72.9 Å². The fourth-order valence-electron chi connectivity index (χ4n) is 1.72. The highest BCUT2D eigenvalue weighted by molar-refractivity contribution is 5.60. The van der Waals surface area contributed by atoms with Gasteiger partial charge in [0.25, 0.3) is 5.56 Å². The van der Waals surface area contributed by atoms with Gasteiger partial charge in [-0.1, -0.05) is 18.2 Å². The summed E-state index contributed by atoms with van der Waals surface area (Å²) >= 11 is 0. The number of aromatic nitrogens is 2. The molecule has 1 heterocycles. The Morgan fingerprint density at radius 2 is 2.11 bits per heavy atom. The van der Waals surface area contributed by atoms with Gasteiger partial charge in [-0.2, -0.15) is 0 Å². The summed E-state index contributed by atoms with van der Waals surface area (Å²) in [6, 6.07) is 7.51. The first-order valence-corrected chi connectivity index (χ1v) is 5.72. The summed E-state index contributed by atoms with van der Waals surface area (Å²) in [6.45, 7) is 1.90. The minimum Gasteiger partial charge on any atom is -0.335 e. The molecule has 0 aliphatic heterocycles. The molecule has 0 saturated carbocycles. The third-order valence-electron chi connectivity index (χ3n) is 2.72. The monoisotopic (exact) mass is 244 g/mol. The molecule has 0 spiro atoms. The van der Waals surface area contributed by atoms with Crippen LogP contribution in [0.2, 0.25) is 0 Å². The van der Waals surface area contributed by atoms with Gasteiger partial charge in [0.05, 0.1) is 0 Å². The smallest absolute Gasteiger partial charge is 0.293 e. The Kier molecular flexibility index (Phi) is 3.43. The molecule has 0 aliphatic rings. The lowest BCUT2D eigenvalue weighted by molar-refractivity contribution is 0.818. The minimum absolute atomic E-state index is 0.110. The average Bonchev–Trinajstić information content (AvgIpc) is 2.35. The first-order valence-electron chi connectivity index (χ1n) is 5.72. The highest BCUT2D eigenvalue weighted by Gasteiger charge is 2.08. The van der Waals surface area contributed by atoms with Crippen LogP contribution >= 0.6 is 0 Å². The van der Waals surface area contributed by atoms with Crippen molar-refractivity contribution in [2.75, 3.05) is 5.32 Å². The van der Waals surface area contributed by atoms with Crippen molar-refractivity contribution < 1.29 is 0 Å². The molecule has 2 rings (SSSR count). The molecule has 1 unspecified atom stereocenters. The predicted molar refractivity (Wildman–Crippen MR) is 71.8 cm³/mol. The van der Waals surface area contributed by atoms with Crippen molar-refractivity contribution in [2.24, 2.45) is 12.8 Å². The van der Waals surface area contributed by atoms with E-state index in [-0.39, 0.29) is 11.6 Å². The Balaban J connectivity index is 2.40. The Bertz CT molecular complexity index is 604. The van der Waals surface area contributed by atoms with Gasteiger partial charge in [0.2, 0.25) is 0 Å². The fraction of sp³-hybridized carbons (Fsp3) is 0.231. The van der Waals surface area contributed by atoms with Crippen LogP contribution in [0.25, 0.3) is 0 Å². The van der Waals surface area contributed by atoms with E-state index in [0.29, 0.717) is 5.82 Å². The number of rotatable bonds is 3. The van der Waals surface area contributed by atoms with Gasteiger partial charge in [-0.05, 0) is 18.6 Å². The zero-order valence-electron chi connectivity index (χ0n) is 10.4. The quantitative estimate of drug-likeness (QED) is 0.859. The summed E-state index contributed by atoms with van der Waals surface area (Å²) in [5, 5.41) is 3.04. The Hall–Kier alpha value is -2.14. The van der Waals surface area contributed by atoms with Crippen molar-refractivity contribution in [2.45, 2.75) is 13.0 Å². The molecule has 1 atom stereocenters. The maximum atomic E-state index is 11.9. The van der Waals surface area contributed by atoms with Gasteiger partial charge in [0.15, 0.2) is 5.82 Å². The summed E-state index contributed by atoms with van der Waals surface area (Å²) in [6.07, 6.45) is 3.20. The number of anilines is 2. The van der Waals surface area contributed by atoms with Crippen molar-refractivity contribution in [3.63, 3.8) is 0 Å². The molecule has 0 bridgehead atoms. The molecule has 1 aromatic heterocycles. The third-order valence-corrected chi connectivity index (χ3v) is 2.72. The van der Waals surface area contributed by atoms with Crippen LogP contribution in [0.15, 0.2) is 41.5 Å². The molecule has 0 radical (unpaired) electrons. The molecule has 0 fully saturated rings. The van der Waals surface area contributed by atoms with Crippen LogP contribution < -0.4 is 16.6 Å². The number of hydrogen-bond donors (Lipinski definition) is 2. The van der Waals surface area contributed by atoms with Crippen LogP contribution in [0.3, 0.4) is 0 Å². The van der Waals surface area contributed by atoms with Gasteiger partial charge in [-0.25, -0.2) is 4.98 Å². The van der Waals surface area contributed by atoms with E-state index in [0.717, 1.165) is 11.3 Å². The van der Waals surface area contributed by atoms with Gasteiger partial charge < -0.3 is 15.6 Å². The molecule has 1 aromatic carbocycles. The summed E-state index contributed by atoms with van der Waals surface area (Å²) in [5.41, 5.74) is 7.48. The lowest BCUT2D eigenvalue weighted by atomic mass is 10.1.